The van der Waals surface area contributed by atoms with E-state index in [-0.39, 0.29) is 12.8 Å². The normalized spacial score (nSPS) is 14.2. The quantitative estimate of drug-likeness (QED) is 0.542. The molecule has 1 aromatic carbocycles. The number of nitrogens with two attached hydrogens (primary N) is 1. The first-order valence-corrected chi connectivity index (χ1v) is 8.03. The summed E-state index contributed by atoms with van der Waals surface area (Å²) < 4.78 is 17.2. The number of carboxylic acids is 1. The highest BCUT2D eigenvalue weighted by Crippen LogP contribution is 2.43. The molecule has 0 aliphatic heterocycles. The Kier molecular flexibility index (Phi) is 4.65. The molecule has 114 valence electrons. The largest absolute Gasteiger partial charge is 0.481 e. The summed E-state index contributed by atoms with van der Waals surface area (Å²) in [6.07, 6.45) is -0.473. The van der Waals surface area contributed by atoms with Crippen LogP contribution in [0.4, 0.5) is 0 Å². The first kappa shape index (κ1) is 15.9. The van der Waals surface area contributed by atoms with Crippen molar-refractivity contribution in [3.05, 3.63) is 29.0 Å². The molecule has 8 nitrogen and oxygen atoms in total. The van der Waals surface area contributed by atoms with E-state index in [0.29, 0.717) is 21.9 Å². The number of halogens is 1. The molecular formula is C11H13ClN3O5P. The van der Waals surface area contributed by atoms with Crippen LogP contribution in [-0.4, -0.2) is 25.5 Å². The Balaban J connectivity index is 2.49. The van der Waals surface area contributed by atoms with Gasteiger partial charge >= 0.3 is 13.6 Å². The van der Waals surface area contributed by atoms with Crippen LogP contribution < -0.4 is 5.90 Å². The monoisotopic (exact) mass is 333 g/mol. The van der Waals surface area contributed by atoms with Gasteiger partial charge in [-0.15, -0.1) is 0 Å². The van der Waals surface area contributed by atoms with Gasteiger partial charge in [-0.2, -0.15) is 0 Å². The summed E-state index contributed by atoms with van der Waals surface area (Å²) in [5.41, 5.74) is 1.05. The summed E-state index contributed by atoms with van der Waals surface area (Å²) >= 11 is 5.88. The maximum absolute atomic E-state index is 11.7. The van der Waals surface area contributed by atoms with Crippen LogP contribution >= 0.6 is 19.2 Å². The summed E-state index contributed by atoms with van der Waals surface area (Å²) in [4.78, 5) is 24.5. The van der Waals surface area contributed by atoms with Gasteiger partial charge in [-0.05, 0) is 18.2 Å². The molecule has 0 aliphatic rings. The van der Waals surface area contributed by atoms with E-state index >= 15 is 0 Å². The minimum absolute atomic E-state index is 0.103. The topological polar surface area (TPSA) is 128 Å². The Morgan fingerprint density at radius 2 is 2.24 bits per heavy atom. The molecule has 0 radical (unpaired) electrons. The SMILES string of the molecule is NOP(=O)(O)Cn1c(CCC(=O)O)nc2cc(Cl)ccc21. The van der Waals surface area contributed by atoms with Crippen molar-refractivity contribution in [3.8, 4) is 0 Å². The number of nitrogens with zero attached hydrogens (tertiary/aromatic N) is 2. The minimum atomic E-state index is -4.03. The maximum atomic E-state index is 11.7. The first-order chi connectivity index (χ1) is 9.82. The number of aryl methyl sites for hydroxylation is 1. The summed E-state index contributed by atoms with van der Waals surface area (Å²) in [5.74, 6) is 4.16. The van der Waals surface area contributed by atoms with Crippen molar-refractivity contribution in [3.63, 3.8) is 0 Å². The molecule has 0 spiro atoms. The van der Waals surface area contributed by atoms with Gasteiger partial charge in [-0.3, -0.25) is 9.36 Å². The average molecular weight is 334 g/mol. The molecule has 0 amide bonds. The van der Waals surface area contributed by atoms with Crippen LogP contribution in [0.3, 0.4) is 0 Å². The molecule has 10 heteroatoms. The van der Waals surface area contributed by atoms with Gasteiger partial charge in [0.15, 0.2) is 0 Å². The highest BCUT2D eigenvalue weighted by molar-refractivity contribution is 7.51. The summed E-state index contributed by atoms with van der Waals surface area (Å²) in [7, 11) is -4.03. The van der Waals surface area contributed by atoms with E-state index in [1.54, 1.807) is 18.2 Å². The predicted octanol–water partition coefficient (Wildman–Crippen LogP) is 1.74. The zero-order valence-electron chi connectivity index (χ0n) is 10.8. The number of benzene rings is 1. The van der Waals surface area contributed by atoms with Gasteiger partial charge in [-0.1, -0.05) is 11.6 Å². The van der Waals surface area contributed by atoms with Crippen molar-refractivity contribution in [2.24, 2.45) is 5.90 Å². The number of hydrogen-bond acceptors (Lipinski definition) is 5. The number of hydrogen-bond donors (Lipinski definition) is 3. The lowest BCUT2D eigenvalue weighted by Gasteiger charge is -2.12. The van der Waals surface area contributed by atoms with Gasteiger partial charge in [-0.25, -0.2) is 15.5 Å². The van der Waals surface area contributed by atoms with E-state index < -0.39 is 19.9 Å². The molecule has 1 unspecified atom stereocenters. The summed E-state index contributed by atoms with van der Waals surface area (Å²) in [6, 6.07) is 4.82. The van der Waals surface area contributed by atoms with Crippen molar-refractivity contribution < 1.29 is 24.0 Å². The van der Waals surface area contributed by atoms with Crippen LogP contribution in [0.2, 0.25) is 5.02 Å². The average Bonchev–Trinajstić information content (AvgIpc) is 2.73. The van der Waals surface area contributed by atoms with E-state index in [9.17, 15) is 14.3 Å². The highest BCUT2D eigenvalue weighted by Gasteiger charge is 2.23. The Hall–Kier alpha value is -1.44. The summed E-state index contributed by atoms with van der Waals surface area (Å²) in [5, 5.41) is 9.21. The second-order valence-corrected chi connectivity index (χ2v) is 6.57. The van der Waals surface area contributed by atoms with Crippen LogP contribution in [0.25, 0.3) is 11.0 Å². The third-order valence-electron chi connectivity index (χ3n) is 2.84. The predicted molar refractivity (Wildman–Crippen MR) is 75.8 cm³/mol. The van der Waals surface area contributed by atoms with E-state index in [4.69, 9.17) is 22.6 Å². The van der Waals surface area contributed by atoms with E-state index in [0.717, 1.165) is 0 Å². The molecule has 1 atom stereocenters. The van der Waals surface area contributed by atoms with Crippen LogP contribution in [0.15, 0.2) is 18.2 Å². The van der Waals surface area contributed by atoms with Crippen LogP contribution in [-0.2, 0) is 26.7 Å². The van der Waals surface area contributed by atoms with Crippen molar-refractivity contribution in [2.75, 3.05) is 0 Å². The second-order valence-electron chi connectivity index (χ2n) is 4.37. The van der Waals surface area contributed by atoms with E-state index in [1.165, 1.54) is 4.57 Å². The molecule has 2 rings (SSSR count). The lowest BCUT2D eigenvalue weighted by molar-refractivity contribution is -0.137. The van der Waals surface area contributed by atoms with Gasteiger partial charge in [0.25, 0.3) is 0 Å². The number of carboxylic acid groups (broad SMARTS) is 1. The van der Waals surface area contributed by atoms with Crippen molar-refractivity contribution in [1.82, 2.24) is 9.55 Å². The number of fused-ring (bicyclic) bond motifs is 1. The molecule has 1 heterocycles. The molecule has 0 aliphatic carbocycles. The van der Waals surface area contributed by atoms with E-state index in [2.05, 4.69) is 9.61 Å². The number of rotatable bonds is 6. The third-order valence-corrected chi connectivity index (χ3v) is 4.04. The van der Waals surface area contributed by atoms with Gasteiger partial charge < -0.3 is 14.6 Å². The fourth-order valence-electron chi connectivity index (χ4n) is 1.93. The Bertz CT molecular complexity index is 732. The number of carbonyl (C=O) groups is 1. The van der Waals surface area contributed by atoms with Crippen molar-refractivity contribution in [1.29, 1.82) is 0 Å². The van der Waals surface area contributed by atoms with Gasteiger partial charge in [0, 0.05) is 11.4 Å². The Labute approximate surface area is 124 Å². The van der Waals surface area contributed by atoms with Crippen molar-refractivity contribution >= 4 is 36.2 Å². The molecule has 0 saturated carbocycles. The molecule has 0 saturated heterocycles. The van der Waals surface area contributed by atoms with Crippen LogP contribution in [0, 0.1) is 0 Å². The lowest BCUT2D eigenvalue weighted by atomic mass is 10.3. The number of imidazole rings is 1. The third kappa shape index (κ3) is 3.81. The standard InChI is InChI=1S/C11H13ClN3O5P/c12-7-1-2-9-8(5-7)14-10(3-4-11(16)17)15(9)6-21(18,19)20-13/h1-2,5H,3-4,6,13H2,(H,16,17)(H,18,19). The molecule has 0 fully saturated rings. The van der Waals surface area contributed by atoms with E-state index in [1.807, 2.05) is 0 Å². The maximum Gasteiger partial charge on any atom is 0.363 e. The molecule has 2 aromatic rings. The number of aromatic nitrogens is 2. The first-order valence-electron chi connectivity index (χ1n) is 5.89. The second kappa shape index (κ2) is 6.13. The smallest absolute Gasteiger partial charge is 0.363 e. The molecular weight excluding hydrogens is 321 g/mol. The van der Waals surface area contributed by atoms with Crippen LogP contribution in [0.5, 0.6) is 0 Å². The Morgan fingerprint density at radius 3 is 2.86 bits per heavy atom. The Morgan fingerprint density at radius 1 is 1.52 bits per heavy atom. The minimum Gasteiger partial charge on any atom is -0.481 e. The number of aliphatic carboxylic acids is 1. The van der Waals surface area contributed by atoms with Gasteiger partial charge in [0.1, 0.15) is 12.1 Å². The molecule has 4 N–H and O–H groups in total. The zero-order chi connectivity index (χ0) is 15.6. The van der Waals surface area contributed by atoms with Crippen LogP contribution in [0.1, 0.15) is 12.2 Å². The van der Waals surface area contributed by atoms with Gasteiger partial charge in [0.2, 0.25) is 0 Å². The van der Waals surface area contributed by atoms with Gasteiger partial charge in [0.05, 0.1) is 17.5 Å². The zero-order valence-corrected chi connectivity index (χ0v) is 12.4. The highest BCUT2D eigenvalue weighted by atomic mass is 35.5. The molecule has 1 aromatic heterocycles. The lowest BCUT2D eigenvalue weighted by Crippen LogP contribution is -2.09. The molecule has 0 bridgehead atoms. The fraction of sp³-hybridized carbons (Fsp3) is 0.273. The fourth-order valence-corrected chi connectivity index (χ4v) is 2.84. The summed E-state index contributed by atoms with van der Waals surface area (Å²) in [6.45, 7) is 0. The van der Waals surface area contributed by atoms with Crippen molar-refractivity contribution in [2.45, 2.75) is 19.1 Å². The molecule has 21 heavy (non-hydrogen) atoms.